The van der Waals surface area contributed by atoms with E-state index < -0.39 is 0 Å². The van der Waals surface area contributed by atoms with E-state index in [-0.39, 0.29) is 0 Å². The third-order valence-corrected chi connectivity index (χ3v) is 4.55. The van der Waals surface area contributed by atoms with Gasteiger partial charge in [0, 0.05) is 57.5 Å². The molecule has 2 fully saturated rings. The van der Waals surface area contributed by atoms with E-state index in [1.165, 1.54) is 18.7 Å². The maximum atomic E-state index is 4.37. The highest BCUT2D eigenvalue weighted by atomic mass is 15.3. The van der Waals surface area contributed by atoms with Crippen molar-refractivity contribution < 1.29 is 0 Å². The summed E-state index contributed by atoms with van der Waals surface area (Å²) in [5.41, 5.74) is 1.35. The highest BCUT2D eigenvalue weighted by molar-refractivity contribution is 5.31. The minimum absolute atomic E-state index is 0.746. The summed E-state index contributed by atoms with van der Waals surface area (Å²) in [6.45, 7) is 5.56. The number of pyridine rings is 1. The molecule has 21 heavy (non-hydrogen) atoms. The molecule has 0 unspecified atom stereocenters. The third kappa shape index (κ3) is 2.61. The predicted molar refractivity (Wildman–Crippen MR) is 80.7 cm³/mol. The number of hydrogen-bond acceptors (Lipinski definition) is 5. The molecule has 2 saturated heterocycles. The van der Waals surface area contributed by atoms with E-state index in [1.54, 1.807) is 0 Å². The Morgan fingerprint density at radius 2 is 1.57 bits per heavy atom. The maximum Gasteiger partial charge on any atom is 0.225 e. The molecule has 0 amide bonds. The summed E-state index contributed by atoms with van der Waals surface area (Å²) < 4.78 is 0. The summed E-state index contributed by atoms with van der Waals surface area (Å²) in [4.78, 5) is 17.7. The molecular formula is C16H19N5. The Balaban J connectivity index is 1.37. The molecule has 2 aliphatic rings. The second kappa shape index (κ2) is 5.41. The van der Waals surface area contributed by atoms with Crippen molar-refractivity contribution in [2.45, 2.75) is 6.54 Å². The molecule has 0 radical (unpaired) electrons. The predicted octanol–water partition coefficient (Wildman–Crippen LogP) is 1.44. The van der Waals surface area contributed by atoms with Gasteiger partial charge in [-0.05, 0) is 35.6 Å². The second-order valence-electron chi connectivity index (χ2n) is 6.02. The normalized spacial score (nSPS) is 25.2. The lowest BCUT2D eigenvalue weighted by Gasteiger charge is -2.21. The average Bonchev–Trinajstić information content (AvgIpc) is 3.07. The van der Waals surface area contributed by atoms with E-state index >= 15 is 0 Å². The molecule has 0 saturated carbocycles. The van der Waals surface area contributed by atoms with E-state index in [9.17, 15) is 0 Å². The fraction of sp³-hybridized carbons (Fsp3) is 0.438. The molecule has 4 heterocycles. The van der Waals surface area contributed by atoms with Gasteiger partial charge in [0.25, 0.3) is 0 Å². The van der Waals surface area contributed by atoms with Crippen molar-refractivity contribution in [3.8, 4) is 0 Å². The Bertz CT molecular complexity index is 574. The standard InChI is InChI=1S/C16H19N5/c1-4-18-16(19-5-1)21-11-14-9-20(10-15(14)12-21)8-13-2-6-17-7-3-13/h1-7,14-15H,8-12H2/t14-,15+. The molecule has 0 aliphatic carbocycles. The Kier molecular flexibility index (Phi) is 3.27. The molecule has 5 heteroatoms. The molecular weight excluding hydrogens is 262 g/mol. The molecule has 0 bridgehead atoms. The lowest BCUT2D eigenvalue weighted by molar-refractivity contribution is 0.308. The topological polar surface area (TPSA) is 45.2 Å². The van der Waals surface area contributed by atoms with Crippen LogP contribution in [0.5, 0.6) is 0 Å². The van der Waals surface area contributed by atoms with Crippen LogP contribution in [0.1, 0.15) is 5.56 Å². The third-order valence-electron chi connectivity index (χ3n) is 4.55. The first-order valence-electron chi connectivity index (χ1n) is 7.52. The van der Waals surface area contributed by atoms with Crippen molar-refractivity contribution in [1.82, 2.24) is 19.9 Å². The van der Waals surface area contributed by atoms with Crippen LogP contribution >= 0.6 is 0 Å². The van der Waals surface area contributed by atoms with E-state index in [0.29, 0.717) is 0 Å². The number of nitrogens with zero attached hydrogens (tertiary/aromatic N) is 5. The summed E-state index contributed by atoms with van der Waals surface area (Å²) in [6, 6.07) is 6.09. The zero-order valence-corrected chi connectivity index (χ0v) is 12.0. The number of aromatic nitrogens is 3. The van der Waals surface area contributed by atoms with Gasteiger partial charge in [-0.25, -0.2) is 9.97 Å². The second-order valence-corrected chi connectivity index (χ2v) is 6.02. The van der Waals surface area contributed by atoms with Crippen LogP contribution in [0.15, 0.2) is 43.0 Å². The molecule has 2 aromatic rings. The van der Waals surface area contributed by atoms with Crippen molar-refractivity contribution in [2.75, 3.05) is 31.1 Å². The lowest BCUT2D eigenvalue weighted by Crippen LogP contribution is -2.29. The van der Waals surface area contributed by atoms with Gasteiger partial charge in [-0.2, -0.15) is 0 Å². The van der Waals surface area contributed by atoms with Crippen molar-refractivity contribution in [2.24, 2.45) is 11.8 Å². The van der Waals surface area contributed by atoms with Gasteiger partial charge in [-0.15, -0.1) is 0 Å². The molecule has 2 aromatic heterocycles. The van der Waals surface area contributed by atoms with Crippen LogP contribution in [0.2, 0.25) is 0 Å². The van der Waals surface area contributed by atoms with E-state index in [0.717, 1.165) is 37.4 Å². The van der Waals surface area contributed by atoms with Crippen molar-refractivity contribution in [3.63, 3.8) is 0 Å². The summed E-state index contributed by atoms with van der Waals surface area (Å²) in [5, 5.41) is 0. The van der Waals surface area contributed by atoms with Gasteiger partial charge in [-0.3, -0.25) is 9.88 Å². The zero-order chi connectivity index (χ0) is 14.1. The minimum atomic E-state index is 0.746. The molecule has 4 rings (SSSR count). The minimum Gasteiger partial charge on any atom is -0.340 e. The molecule has 5 nitrogen and oxygen atoms in total. The van der Waals surface area contributed by atoms with E-state index in [1.807, 2.05) is 30.9 Å². The summed E-state index contributed by atoms with van der Waals surface area (Å²) in [6.07, 6.45) is 7.40. The van der Waals surface area contributed by atoms with E-state index in [4.69, 9.17) is 0 Å². The number of rotatable bonds is 3. The van der Waals surface area contributed by atoms with Crippen LogP contribution in [0.25, 0.3) is 0 Å². The van der Waals surface area contributed by atoms with Gasteiger partial charge >= 0.3 is 0 Å². The van der Waals surface area contributed by atoms with Crippen LogP contribution in [-0.4, -0.2) is 46.0 Å². The zero-order valence-electron chi connectivity index (χ0n) is 12.0. The van der Waals surface area contributed by atoms with Crippen LogP contribution in [0, 0.1) is 11.8 Å². The number of hydrogen-bond donors (Lipinski definition) is 0. The van der Waals surface area contributed by atoms with Gasteiger partial charge in [0.05, 0.1) is 0 Å². The first-order chi connectivity index (χ1) is 10.4. The van der Waals surface area contributed by atoms with Crippen molar-refractivity contribution in [1.29, 1.82) is 0 Å². The Hall–Kier alpha value is -2.01. The van der Waals surface area contributed by atoms with Crippen LogP contribution < -0.4 is 4.90 Å². The first kappa shape index (κ1) is 12.7. The Morgan fingerprint density at radius 1 is 0.905 bits per heavy atom. The lowest BCUT2D eigenvalue weighted by atomic mass is 10.0. The van der Waals surface area contributed by atoms with Gasteiger partial charge in [0.15, 0.2) is 0 Å². The molecule has 0 spiro atoms. The fourth-order valence-electron chi connectivity index (χ4n) is 3.58. The van der Waals surface area contributed by atoms with Gasteiger partial charge < -0.3 is 4.90 Å². The quantitative estimate of drug-likeness (QED) is 0.852. The Labute approximate surface area is 124 Å². The maximum absolute atomic E-state index is 4.37. The van der Waals surface area contributed by atoms with Crippen molar-refractivity contribution >= 4 is 5.95 Å². The number of fused-ring (bicyclic) bond motifs is 1. The number of likely N-dealkylation sites (tertiary alicyclic amines) is 1. The SMILES string of the molecule is c1cnc(N2C[C@H]3CN(Cc4ccncc4)C[C@H]3C2)nc1. The monoisotopic (exact) mass is 281 g/mol. The average molecular weight is 281 g/mol. The van der Waals surface area contributed by atoms with Crippen LogP contribution in [-0.2, 0) is 6.54 Å². The van der Waals surface area contributed by atoms with Gasteiger partial charge in [-0.1, -0.05) is 0 Å². The summed E-state index contributed by atoms with van der Waals surface area (Å²) >= 11 is 0. The summed E-state index contributed by atoms with van der Waals surface area (Å²) in [7, 11) is 0. The highest BCUT2D eigenvalue weighted by Gasteiger charge is 2.40. The Morgan fingerprint density at radius 3 is 2.24 bits per heavy atom. The van der Waals surface area contributed by atoms with Crippen LogP contribution in [0.4, 0.5) is 5.95 Å². The largest absolute Gasteiger partial charge is 0.340 e. The molecule has 0 aromatic carbocycles. The smallest absolute Gasteiger partial charge is 0.225 e. The number of anilines is 1. The molecule has 108 valence electrons. The first-order valence-corrected chi connectivity index (χ1v) is 7.52. The van der Waals surface area contributed by atoms with Gasteiger partial charge in [0.2, 0.25) is 5.95 Å². The van der Waals surface area contributed by atoms with Crippen molar-refractivity contribution in [3.05, 3.63) is 48.5 Å². The molecule has 0 N–H and O–H groups in total. The van der Waals surface area contributed by atoms with E-state index in [2.05, 4.69) is 36.9 Å². The molecule has 2 aliphatic heterocycles. The van der Waals surface area contributed by atoms with Crippen LogP contribution in [0.3, 0.4) is 0 Å². The highest BCUT2D eigenvalue weighted by Crippen LogP contribution is 2.33. The molecule has 2 atom stereocenters. The fourth-order valence-corrected chi connectivity index (χ4v) is 3.58. The summed E-state index contributed by atoms with van der Waals surface area (Å²) in [5.74, 6) is 2.37. The van der Waals surface area contributed by atoms with Gasteiger partial charge in [0.1, 0.15) is 0 Å².